The zero-order valence-corrected chi connectivity index (χ0v) is 21.0. The van der Waals surface area contributed by atoms with E-state index in [1.54, 1.807) is 24.1 Å². The number of methoxy groups -OCH3 is 1. The third-order valence-corrected chi connectivity index (χ3v) is 7.40. The minimum atomic E-state index is -0.646. The van der Waals surface area contributed by atoms with Gasteiger partial charge >= 0.3 is 0 Å². The largest absolute Gasteiger partial charge is 0.507 e. The number of carbonyl (C=O) groups excluding carboxylic acids is 1. The fraction of sp³-hybridized carbons (Fsp3) is 0.200. The Morgan fingerprint density at radius 1 is 1.03 bits per heavy atom. The van der Waals surface area contributed by atoms with Gasteiger partial charge in [0.25, 0.3) is 0 Å². The van der Waals surface area contributed by atoms with E-state index in [2.05, 4.69) is 0 Å². The monoisotopic (exact) mass is 498 g/mol. The molecule has 0 amide bonds. The fourth-order valence-electron chi connectivity index (χ4n) is 5.26. The normalized spacial score (nSPS) is 19.3. The number of hydrogen-bond donors (Lipinski definition) is 2. The number of halogens is 1. The molecule has 2 aliphatic rings. The summed E-state index contributed by atoms with van der Waals surface area (Å²) in [5, 5.41) is 21.7. The summed E-state index contributed by atoms with van der Waals surface area (Å²) in [7, 11) is 1.59. The Balaban J connectivity index is 1.88. The van der Waals surface area contributed by atoms with Gasteiger partial charge in [0.1, 0.15) is 17.3 Å². The average molecular weight is 499 g/mol. The molecule has 3 aromatic carbocycles. The van der Waals surface area contributed by atoms with Crippen LogP contribution >= 0.6 is 11.6 Å². The molecular formula is C30H27ClN2O3. The molecule has 5 nitrogen and oxygen atoms in total. The van der Waals surface area contributed by atoms with Crippen molar-refractivity contribution in [2.24, 2.45) is 0 Å². The molecule has 1 atom stereocenters. The molecule has 1 unspecified atom stereocenters. The Hall–Kier alpha value is -3.83. The van der Waals surface area contributed by atoms with Crippen molar-refractivity contribution < 1.29 is 14.6 Å². The summed E-state index contributed by atoms with van der Waals surface area (Å²) in [5.74, 6) is 0.0542. The lowest BCUT2D eigenvalue weighted by atomic mass is 9.73. The predicted octanol–water partition coefficient (Wildman–Crippen LogP) is 7.21. The van der Waals surface area contributed by atoms with Gasteiger partial charge < -0.3 is 9.84 Å². The second-order valence-corrected chi connectivity index (χ2v) is 9.42. The molecule has 1 aliphatic heterocycles. The molecule has 5 rings (SSSR count). The van der Waals surface area contributed by atoms with Crippen molar-refractivity contribution in [2.45, 2.75) is 32.1 Å². The molecule has 0 bridgehead atoms. The van der Waals surface area contributed by atoms with Gasteiger partial charge in [-0.15, -0.1) is 0 Å². The van der Waals surface area contributed by atoms with E-state index in [4.69, 9.17) is 16.3 Å². The van der Waals surface area contributed by atoms with Gasteiger partial charge in [-0.05, 0) is 43.5 Å². The number of benzene rings is 3. The quantitative estimate of drug-likeness (QED) is 0.372. The SMILES string of the molecule is COc1ccccc1C1C2=C(CCCC2=O)N(c2cccc(Cl)c2C)C(=N)/C1=C(/O)c1ccccc1. The summed E-state index contributed by atoms with van der Waals surface area (Å²) < 4.78 is 5.69. The van der Waals surface area contributed by atoms with Crippen LogP contribution in [0.3, 0.4) is 0 Å². The van der Waals surface area contributed by atoms with Gasteiger partial charge in [0.05, 0.1) is 18.7 Å². The highest BCUT2D eigenvalue weighted by Gasteiger charge is 2.44. The lowest BCUT2D eigenvalue weighted by Crippen LogP contribution is -2.42. The molecule has 36 heavy (non-hydrogen) atoms. The molecule has 0 saturated heterocycles. The average Bonchev–Trinajstić information content (AvgIpc) is 2.90. The van der Waals surface area contributed by atoms with Crippen molar-refractivity contribution in [3.8, 4) is 5.75 Å². The molecule has 1 aliphatic carbocycles. The van der Waals surface area contributed by atoms with Crippen LogP contribution in [0.25, 0.3) is 5.76 Å². The van der Waals surface area contributed by atoms with E-state index < -0.39 is 5.92 Å². The van der Waals surface area contributed by atoms with E-state index in [9.17, 15) is 15.3 Å². The van der Waals surface area contributed by atoms with Crippen LogP contribution < -0.4 is 9.64 Å². The Labute approximate surface area is 215 Å². The molecule has 2 N–H and O–H groups in total. The highest BCUT2D eigenvalue weighted by atomic mass is 35.5. The summed E-state index contributed by atoms with van der Waals surface area (Å²) in [4.78, 5) is 15.4. The third kappa shape index (κ3) is 3.90. The first-order valence-corrected chi connectivity index (χ1v) is 12.3. The molecule has 0 spiro atoms. The van der Waals surface area contributed by atoms with Crippen LogP contribution in [-0.2, 0) is 4.79 Å². The summed E-state index contributed by atoms with van der Waals surface area (Å²) in [5.41, 5.74) is 4.59. The number of para-hydroxylation sites is 1. The van der Waals surface area contributed by atoms with Crippen LogP contribution in [0.5, 0.6) is 5.75 Å². The molecule has 0 radical (unpaired) electrons. The molecule has 3 aromatic rings. The van der Waals surface area contributed by atoms with Crippen LogP contribution in [0.2, 0.25) is 5.02 Å². The maximum absolute atomic E-state index is 13.6. The summed E-state index contributed by atoms with van der Waals surface area (Å²) in [6.07, 6.45) is 1.75. The Morgan fingerprint density at radius 3 is 2.50 bits per heavy atom. The number of aliphatic hydroxyl groups is 1. The number of nitrogens with zero attached hydrogens (tertiary/aromatic N) is 1. The van der Waals surface area contributed by atoms with Gasteiger partial charge in [-0.3, -0.25) is 15.1 Å². The Kier molecular flexibility index (Phi) is 6.42. The van der Waals surface area contributed by atoms with E-state index in [0.717, 1.165) is 22.5 Å². The van der Waals surface area contributed by atoms with Crippen LogP contribution in [0.1, 0.15) is 41.9 Å². The van der Waals surface area contributed by atoms with Gasteiger partial charge in [-0.25, -0.2) is 0 Å². The molecule has 182 valence electrons. The van der Waals surface area contributed by atoms with Crippen LogP contribution in [0.15, 0.2) is 89.6 Å². The van der Waals surface area contributed by atoms with Gasteiger partial charge in [0.15, 0.2) is 5.78 Å². The van der Waals surface area contributed by atoms with Crippen LogP contribution in [0.4, 0.5) is 5.69 Å². The molecular weight excluding hydrogens is 472 g/mol. The van der Waals surface area contributed by atoms with Crippen molar-refractivity contribution in [1.29, 1.82) is 5.41 Å². The van der Waals surface area contributed by atoms with Crippen molar-refractivity contribution >= 4 is 34.7 Å². The maximum atomic E-state index is 13.6. The molecule has 0 saturated carbocycles. The summed E-state index contributed by atoms with van der Waals surface area (Å²) >= 11 is 6.49. The highest BCUT2D eigenvalue weighted by Crippen LogP contribution is 2.50. The van der Waals surface area contributed by atoms with E-state index >= 15 is 0 Å². The number of Topliss-reactive ketones (excluding diaryl/α,β-unsaturated/α-hetero) is 1. The lowest BCUT2D eigenvalue weighted by molar-refractivity contribution is -0.116. The minimum absolute atomic E-state index is 0.0164. The number of amidine groups is 1. The predicted molar refractivity (Wildman–Crippen MR) is 144 cm³/mol. The number of anilines is 1. The zero-order valence-electron chi connectivity index (χ0n) is 20.2. The van der Waals surface area contributed by atoms with E-state index in [-0.39, 0.29) is 17.4 Å². The number of nitrogens with one attached hydrogen (secondary N) is 1. The molecule has 6 heteroatoms. The van der Waals surface area contributed by atoms with E-state index in [1.807, 2.05) is 67.6 Å². The topological polar surface area (TPSA) is 73.6 Å². The Morgan fingerprint density at radius 2 is 1.75 bits per heavy atom. The molecule has 0 aromatic heterocycles. The number of carbonyl (C=O) groups is 1. The maximum Gasteiger partial charge on any atom is 0.161 e. The fourth-order valence-corrected chi connectivity index (χ4v) is 5.43. The molecule has 1 heterocycles. The first kappa shape index (κ1) is 23.9. The van der Waals surface area contributed by atoms with Crippen molar-refractivity contribution in [1.82, 2.24) is 0 Å². The minimum Gasteiger partial charge on any atom is -0.507 e. The van der Waals surface area contributed by atoms with Crippen molar-refractivity contribution in [3.05, 3.63) is 111 Å². The van der Waals surface area contributed by atoms with Gasteiger partial charge in [-0.2, -0.15) is 0 Å². The van der Waals surface area contributed by atoms with Crippen molar-refractivity contribution in [2.75, 3.05) is 12.0 Å². The van der Waals surface area contributed by atoms with Gasteiger partial charge in [0.2, 0.25) is 0 Å². The standard InChI is InChI=1S/C30H27ClN2O3/c1-18-21(31)13-8-14-22(18)33-23-15-9-16-24(34)27(23)26(20-12-6-7-17-25(20)36-2)28(30(33)32)29(35)19-10-4-3-5-11-19/h3-8,10-14,17,26,32,35H,9,15-16H2,1-2H3/b29-28+,32-30?. The second kappa shape index (κ2) is 9.67. The van der Waals surface area contributed by atoms with E-state index in [1.165, 1.54) is 0 Å². The first-order chi connectivity index (χ1) is 17.4. The number of hydrogen-bond acceptors (Lipinski definition) is 4. The third-order valence-electron chi connectivity index (χ3n) is 6.99. The second-order valence-electron chi connectivity index (χ2n) is 9.01. The molecule has 0 fully saturated rings. The zero-order chi connectivity index (χ0) is 25.4. The van der Waals surface area contributed by atoms with Crippen LogP contribution in [0, 0.1) is 12.3 Å². The lowest BCUT2D eigenvalue weighted by Gasteiger charge is -2.42. The van der Waals surface area contributed by atoms with Crippen molar-refractivity contribution in [3.63, 3.8) is 0 Å². The highest BCUT2D eigenvalue weighted by molar-refractivity contribution is 6.32. The number of rotatable bonds is 4. The number of ether oxygens (including phenoxy) is 1. The first-order valence-electron chi connectivity index (χ1n) is 12.0. The number of aliphatic hydroxyl groups excluding tert-OH is 1. The summed E-state index contributed by atoms with van der Waals surface area (Å²) in [6.45, 7) is 1.91. The van der Waals surface area contributed by atoms with Crippen LogP contribution in [-0.4, -0.2) is 23.8 Å². The number of allylic oxidation sites excluding steroid dienone is 2. The van der Waals surface area contributed by atoms with Gasteiger partial charge in [0, 0.05) is 39.4 Å². The smallest absolute Gasteiger partial charge is 0.161 e. The number of ketones is 1. The van der Waals surface area contributed by atoms with E-state index in [0.29, 0.717) is 46.7 Å². The Bertz CT molecular complexity index is 1430. The summed E-state index contributed by atoms with van der Waals surface area (Å²) in [6, 6.07) is 22.2. The van der Waals surface area contributed by atoms with Gasteiger partial charge in [-0.1, -0.05) is 66.2 Å².